The van der Waals surface area contributed by atoms with Gasteiger partial charge in [-0.2, -0.15) is 0 Å². The SMILES string of the molecule is CCC(C)C(N)C(=O)Cc1ccc(Cl)c(Cl)c1. The maximum Gasteiger partial charge on any atom is 0.154 e. The molecule has 0 amide bonds. The summed E-state index contributed by atoms with van der Waals surface area (Å²) in [6, 6.07) is 4.80. The molecule has 0 fully saturated rings. The molecule has 1 aromatic carbocycles. The second-order valence-corrected chi connectivity index (χ2v) is 5.12. The van der Waals surface area contributed by atoms with Crippen LogP contribution in [0.2, 0.25) is 10.0 Å². The highest BCUT2D eigenvalue weighted by atomic mass is 35.5. The molecule has 0 aromatic heterocycles. The zero-order valence-electron chi connectivity index (χ0n) is 10.0. The molecule has 2 nitrogen and oxygen atoms in total. The number of halogens is 2. The van der Waals surface area contributed by atoms with E-state index in [4.69, 9.17) is 28.9 Å². The predicted octanol–water partition coefficient (Wildman–Crippen LogP) is 3.48. The summed E-state index contributed by atoms with van der Waals surface area (Å²) in [6.45, 7) is 4.01. The molecule has 0 aliphatic rings. The van der Waals surface area contributed by atoms with Crippen LogP contribution in [0.25, 0.3) is 0 Å². The molecule has 2 unspecified atom stereocenters. The summed E-state index contributed by atoms with van der Waals surface area (Å²) in [6.07, 6.45) is 1.21. The molecule has 0 aliphatic heterocycles. The summed E-state index contributed by atoms with van der Waals surface area (Å²) in [5.41, 5.74) is 6.73. The van der Waals surface area contributed by atoms with Crippen LogP contribution in [0.1, 0.15) is 25.8 Å². The first-order valence-corrected chi connectivity index (χ1v) is 6.43. The molecule has 1 aromatic rings. The van der Waals surface area contributed by atoms with Gasteiger partial charge in [0.15, 0.2) is 5.78 Å². The quantitative estimate of drug-likeness (QED) is 0.893. The fourth-order valence-corrected chi connectivity index (χ4v) is 1.86. The number of ketones is 1. The molecule has 0 saturated heterocycles. The van der Waals surface area contributed by atoms with Gasteiger partial charge in [-0.3, -0.25) is 4.79 Å². The number of benzene rings is 1. The topological polar surface area (TPSA) is 43.1 Å². The van der Waals surface area contributed by atoms with Gasteiger partial charge in [0.25, 0.3) is 0 Å². The summed E-state index contributed by atoms with van der Waals surface area (Å²) in [7, 11) is 0. The zero-order chi connectivity index (χ0) is 13.0. The van der Waals surface area contributed by atoms with Crippen LogP contribution < -0.4 is 5.73 Å². The average molecular weight is 274 g/mol. The van der Waals surface area contributed by atoms with Crippen LogP contribution in [-0.4, -0.2) is 11.8 Å². The second-order valence-electron chi connectivity index (χ2n) is 4.30. The van der Waals surface area contributed by atoms with E-state index in [1.165, 1.54) is 0 Å². The molecular formula is C13H17Cl2NO. The van der Waals surface area contributed by atoms with Crippen LogP contribution in [0.5, 0.6) is 0 Å². The van der Waals surface area contributed by atoms with Gasteiger partial charge in [-0.25, -0.2) is 0 Å². The molecule has 0 aliphatic carbocycles. The summed E-state index contributed by atoms with van der Waals surface area (Å²) in [5.74, 6) is 0.239. The van der Waals surface area contributed by atoms with Crippen molar-refractivity contribution in [3.05, 3.63) is 33.8 Å². The highest BCUT2D eigenvalue weighted by Gasteiger charge is 2.19. The molecule has 2 atom stereocenters. The van der Waals surface area contributed by atoms with E-state index in [1.54, 1.807) is 18.2 Å². The van der Waals surface area contributed by atoms with E-state index in [0.717, 1.165) is 12.0 Å². The van der Waals surface area contributed by atoms with E-state index in [-0.39, 0.29) is 11.7 Å². The Hall–Kier alpha value is -0.570. The van der Waals surface area contributed by atoms with Crippen LogP contribution in [0, 0.1) is 5.92 Å². The Labute approximate surface area is 112 Å². The van der Waals surface area contributed by atoms with Gasteiger partial charge in [0.05, 0.1) is 16.1 Å². The smallest absolute Gasteiger partial charge is 0.154 e. The lowest BCUT2D eigenvalue weighted by Gasteiger charge is -2.16. The standard InChI is InChI=1S/C13H17Cl2NO/c1-3-8(2)13(16)12(17)7-9-4-5-10(14)11(15)6-9/h4-6,8,13H,3,7,16H2,1-2H3. The van der Waals surface area contributed by atoms with E-state index in [9.17, 15) is 4.79 Å². The minimum Gasteiger partial charge on any atom is -0.321 e. The molecule has 4 heteroatoms. The maximum atomic E-state index is 11.9. The second kappa shape index (κ2) is 6.39. The van der Waals surface area contributed by atoms with Gasteiger partial charge >= 0.3 is 0 Å². The average Bonchev–Trinajstić information content (AvgIpc) is 2.31. The van der Waals surface area contributed by atoms with Crippen molar-refractivity contribution in [2.24, 2.45) is 11.7 Å². The number of nitrogens with two attached hydrogens (primary N) is 1. The third-order valence-electron chi connectivity index (χ3n) is 2.99. The first-order chi connectivity index (χ1) is 7.95. The molecule has 17 heavy (non-hydrogen) atoms. The lowest BCUT2D eigenvalue weighted by molar-refractivity contribution is -0.120. The van der Waals surface area contributed by atoms with Gasteiger partial charge in [-0.1, -0.05) is 49.5 Å². The minimum absolute atomic E-state index is 0.0396. The summed E-state index contributed by atoms with van der Waals surface area (Å²) in [5, 5.41) is 0.961. The molecule has 0 radical (unpaired) electrons. The van der Waals surface area contributed by atoms with E-state index in [1.807, 2.05) is 13.8 Å². The van der Waals surface area contributed by atoms with E-state index in [2.05, 4.69) is 0 Å². The third-order valence-corrected chi connectivity index (χ3v) is 3.73. The molecule has 1 rings (SSSR count). The van der Waals surface area contributed by atoms with E-state index < -0.39 is 6.04 Å². The van der Waals surface area contributed by atoms with Crippen molar-refractivity contribution >= 4 is 29.0 Å². The number of hydrogen-bond donors (Lipinski definition) is 1. The summed E-state index contributed by atoms with van der Waals surface area (Å²) >= 11 is 11.7. The Morgan fingerprint density at radius 2 is 2.00 bits per heavy atom. The number of Topliss-reactive ketones (excluding diaryl/α,β-unsaturated/α-hetero) is 1. The molecule has 0 heterocycles. The normalized spacial score (nSPS) is 14.4. The fraction of sp³-hybridized carbons (Fsp3) is 0.462. The molecular weight excluding hydrogens is 257 g/mol. The first kappa shape index (κ1) is 14.5. The van der Waals surface area contributed by atoms with Crippen LogP contribution in [-0.2, 0) is 11.2 Å². The highest BCUT2D eigenvalue weighted by molar-refractivity contribution is 6.42. The van der Waals surface area contributed by atoms with E-state index >= 15 is 0 Å². The Morgan fingerprint density at radius 3 is 2.53 bits per heavy atom. The molecule has 2 N–H and O–H groups in total. The number of hydrogen-bond acceptors (Lipinski definition) is 2. The maximum absolute atomic E-state index is 11.9. The Balaban J connectivity index is 2.71. The Bertz CT molecular complexity index is 406. The lowest BCUT2D eigenvalue weighted by Crippen LogP contribution is -2.37. The van der Waals surface area contributed by atoms with Gasteiger partial charge < -0.3 is 5.73 Å². The first-order valence-electron chi connectivity index (χ1n) is 5.68. The van der Waals surface area contributed by atoms with Crippen molar-refractivity contribution in [3.63, 3.8) is 0 Å². The monoisotopic (exact) mass is 273 g/mol. The minimum atomic E-state index is -0.408. The van der Waals surface area contributed by atoms with Crippen molar-refractivity contribution in [1.82, 2.24) is 0 Å². The molecule has 94 valence electrons. The largest absolute Gasteiger partial charge is 0.321 e. The Kier molecular flexibility index (Phi) is 5.44. The van der Waals surface area contributed by atoms with Gasteiger partial charge in [0, 0.05) is 6.42 Å². The predicted molar refractivity (Wildman–Crippen MR) is 72.6 cm³/mol. The number of carbonyl (C=O) groups is 1. The highest BCUT2D eigenvalue weighted by Crippen LogP contribution is 2.23. The fourth-order valence-electron chi connectivity index (χ4n) is 1.54. The Morgan fingerprint density at radius 1 is 1.35 bits per heavy atom. The third kappa shape index (κ3) is 3.98. The summed E-state index contributed by atoms with van der Waals surface area (Å²) in [4.78, 5) is 11.9. The number of carbonyl (C=O) groups excluding carboxylic acids is 1. The number of rotatable bonds is 5. The van der Waals surface area contributed by atoms with Crippen molar-refractivity contribution < 1.29 is 4.79 Å². The van der Waals surface area contributed by atoms with Gasteiger partial charge in [-0.15, -0.1) is 0 Å². The van der Waals surface area contributed by atoms with Crippen molar-refractivity contribution in [1.29, 1.82) is 0 Å². The van der Waals surface area contributed by atoms with Crippen LogP contribution >= 0.6 is 23.2 Å². The molecule has 0 spiro atoms. The van der Waals surface area contributed by atoms with Crippen LogP contribution in [0.3, 0.4) is 0 Å². The lowest BCUT2D eigenvalue weighted by atomic mass is 9.93. The zero-order valence-corrected chi connectivity index (χ0v) is 11.6. The van der Waals surface area contributed by atoms with Crippen LogP contribution in [0.4, 0.5) is 0 Å². The summed E-state index contributed by atoms with van der Waals surface area (Å²) < 4.78 is 0. The molecule has 0 bridgehead atoms. The van der Waals surface area contributed by atoms with Crippen molar-refractivity contribution in [2.75, 3.05) is 0 Å². The van der Waals surface area contributed by atoms with E-state index in [0.29, 0.717) is 16.5 Å². The molecule has 0 saturated carbocycles. The van der Waals surface area contributed by atoms with Gasteiger partial charge in [0.2, 0.25) is 0 Å². The van der Waals surface area contributed by atoms with Crippen molar-refractivity contribution in [2.45, 2.75) is 32.7 Å². The van der Waals surface area contributed by atoms with Crippen LogP contribution in [0.15, 0.2) is 18.2 Å². The van der Waals surface area contributed by atoms with Gasteiger partial charge in [-0.05, 0) is 23.6 Å². The van der Waals surface area contributed by atoms with Gasteiger partial charge in [0.1, 0.15) is 0 Å². The van der Waals surface area contributed by atoms with Crippen molar-refractivity contribution in [3.8, 4) is 0 Å².